The van der Waals surface area contributed by atoms with Gasteiger partial charge in [0.2, 0.25) is 0 Å². The number of carbonyl (C=O) groups is 1. The molecule has 2 N–H and O–H groups in total. The molecule has 2 aromatic carbocycles. The molecule has 0 amide bonds. The van der Waals surface area contributed by atoms with Gasteiger partial charge in [0.25, 0.3) is 0 Å². The third-order valence-corrected chi connectivity index (χ3v) is 3.60. The first-order chi connectivity index (χ1) is 10.6. The van der Waals surface area contributed by atoms with Gasteiger partial charge in [-0.05, 0) is 30.7 Å². The fourth-order valence-corrected chi connectivity index (χ4v) is 2.07. The number of hydrogen-bond donors (Lipinski definition) is 2. The Morgan fingerprint density at radius 1 is 1.27 bits per heavy atom. The standard InChI is InChI=1S/C17H18ClNO3/c1-12(17(20)21)19-10-13-5-4-7-15(9-13)22-11-14-6-2-3-8-16(14)18/h2-9,12,19H,10-11H2,1H3,(H,20,21). The third kappa shape index (κ3) is 4.76. The Morgan fingerprint density at radius 3 is 2.77 bits per heavy atom. The highest BCUT2D eigenvalue weighted by Crippen LogP contribution is 2.19. The molecule has 0 spiro atoms. The molecule has 2 rings (SSSR count). The van der Waals surface area contributed by atoms with Crippen LogP contribution in [0.4, 0.5) is 0 Å². The number of hydrogen-bond acceptors (Lipinski definition) is 3. The van der Waals surface area contributed by atoms with Gasteiger partial charge in [0.15, 0.2) is 0 Å². The molecule has 0 saturated heterocycles. The van der Waals surface area contributed by atoms with Gasteiger partial charge in [0, 0.05) is 17.1 Å². The molecular weight excluding hydrogens is 302 g/mol. The topological polar surface area (TPSA) is 58.6 Å². The van der Waals surface area contributed by atoms with E-state index in [0.29, 0.717) is 18.2 Å². The summed E-state index contributed by atoms with van der Waals surface area (Å²) < 4.78 is 5.74. The first-order valence-corrected chi connectivity index (χ1v) is 7.35. The van der Waals surface area contributed by atoms with Gasteiger partial charge in [0.1, 0.15) is 18.4 Å². The number of benzene rings is 2. The molecule has 116 valence electrons. The van der Waals surface area contributed by atoms with Crippen LogP contribution >= 0.6 is 11.6 Å². The summed E-state index contributed by atoms with van der Waals surface area (Å²) in [5.41, 5.74) is 1.89. The van der Waals surface area contributed by atoms with Crippen LogP contribution in [0.15, 0.2) is 48.5 Å². The fraction of sp³-hybridized carbons (Fsp3) is 0.235. The average molecular weight is 320 g/mol. The van der Waals surface area contributed by atoms with E-state index in [1.165, 1.54) is 0 Å². The second-order valence-electron chi connectivity index (χ2n) is 4.97. The number of aliphatic carboxylic acids is 1. The normalized spacial score (nSPS) is 11.9. The van der Waals surface area contributed by atoms with E-state index >= 15 is 0 Å². The summed E-state index contributed by atoms with van der Waals surface area (Å²) in [7, 11) is 0. The molecule has 0 saturated carbocycles. The molecule has 0 aliphatic rings. The maximum Gasteiger partial charge on any atom is 0.320 e. The Hall–Kier alpha value is -2.04. The molecule has 0 bridgehead atoms. The molecule has 1 atom stereocenters. The highest BCUT2D eigenvalue weighted by molar-refractivity contribution is 6.31. The van der Waals surface area contributed by atoms with E-state index in [-0.39, 0.29) is 0 Å². The van der Waals surface area contributed by atoms with Crippen molar-refractivity contribution in [2.45, 2.75) is 26.1 Å². The molecule has 0 heterocycles. The van der Waals surface area contributed by atoms with Crippen LogP contribution in [-0.4, -0.2) is 17.1 Å². The Balaban J connectivity index is 1.94. The van der Waals surface area contributed by atoms with E-state index in [1.807, 2.05) is 48.5 Å². The highest BCUT2D eigenvalue weighted by atomic mass is 35.5. The van der Waals surface area contributed by atoms with Crippen LogP contribution in [0.2, 0.25) is 5.02 Å². The summed E-state index contributed by atoms with van der Waals surface area (Å²) in [6, 6.07) is 14.5. The van der Waals surface area contributed by atoms with E-state index in [2.05, 4.69) is 5.32 Å². The second kappa shape index (κ2) is 7.82. The van der Waals surface area contributed by atoms with E-state index in [0.717, 1.165) is 16.9 Å². The summed E-state index contributed by atoms with van der Waals surface area (Å²) in [4.78, 5) is 10.8. The van der Waals surface area contributed by atoms with Crippen LogP contribution in [-0.2, 0) is 17.9 Å². The fourth-order valence-electron chi connectivity index (χ4n) is 1.88. The Morgan fingerprint density at radius 2 is 2.05 bits per heavy atom. The Kier molecular flexibility index (Phi) is 5.81. The van der Waals surface area contributed by atoms with Gasteiger partial charge in [-0.2, -0.15) is 0 Å². The monoisotopic (exact) mass is 319 g/mol. The molecule has 0 aliphatic heterocycles. The molecule has 0 fully saturated rings. The van der Waals surface area contributed by atoms with Crippen molar-refractivity contribution in [2.75, 3.05) is 0 Å². The van der Waals surface area contributed by atoms with Crippen LogP contribution in [0.5, 0.6) is 5.75 Å². The number of carboxylic acids is 1. The van der Waals surface area contributed by atoms with E-state index in [4.69, 9.17) is 21.4 Å². The van der Waals surface area contributed by atoms with E-state index in [9.17, 15) is 4.79 Å². The van der Waals surface area contributed by atoms with Crippen molar-refractivity contribution in [3.63, 3.8) is 0 Å². The van der Waals surface area contributed by atoms with Gasteiger partial charge in [-0.15, -0.1) is 0 Å². The average Bonchev–Trinajstić information content (AvgIpc) is 2.52. The quantitative estimate of drug-likeness (QED) is 0.820. The summed E-state index contributed by atoms with van der Waals surface area (Å²) in [5, 5.41) is 12.5. The summed E-state index contributed by atoms with van der Waals surface area (Å²) in [6.07, 6.45) is 0. The molecule has 0 radical (unpaired) electrons. The lowest BCUT2D eigenvalue weighted by atomic mass is 10.2. The first-order valence-electron chi connectivity index (χ1n) is 6.97. The number of ether oxygens (including phenoxy) is 1. The second-order valence-corrected chi connectivity index (χ2v) is 5.38. The van der Waals surface area contributed by atoms with Gasteiger partial charge in [-0.25, -0.2) is 0 Å². The molecule has 22 heavy (non-hydrogen) atoms. The number of carboxylic acid groups (broad SMARTS) is 1. The lowest BCUT2D eigenvalue weighted by molar-refractivity contribution is -0.139. The highest BCUT2D eigenvalue weighted by Gasteiger charge is 2.09. The van der Waals surface area contributed by atoms with Crippen molar-refractivity contribution >= 4 is 17.6 Å². The molecular formula is C17H18ClNO3. The Bertz CT molecular complexity index is 645. The van der Waals surface area contributed by atoms with Crippen molar-refractivity contribution in [3.8, 4) is 5.75 Å². The van der Waals surface area contributed by atoms with Gasteiger partial charge in [-0.1, -0.05) is 41.9 Å². The summed E-state index contributed by atoms with van der Waals surface area (Å²) in [5.74, 6) is -0.145. The van der Waals surface area contributed by atoms with Gasteiger partial charge >= 0.3 is 5.97 Å². The van der Waals surface area contributed by atoms with Crippen molar-refractivity contribution in [1.82, 2.24) is 5.32 Å². The number of rotatable bonds is 7. The zero-order valence-corrected chi connectivity index (χ0v) is 13.0. The van der Waals surface area contributed by atoms with Crippen molar-refractivity contribution < 1.29 is 14.6 Å². The number of nitrogens with one attached hydrogen (secondary N) is 1. The zero-order chi connectivity index (χ0) is 15.9. The van der Waals surface area contributed by atoms with Crippen LogP contribution in [0.3, 0.4) is 0 Å². The maximum absolute atomic E-state index is 10.8. The van der Waals surface area contributed by atoms with Crippen molar-refractivity contribution in [3.05, 3.63) is 64.7 Å². The van der Waals surface area contributed by atoms with Gasteiger partial charge in [0.05, 0.1) is 0 Å². The summed E-state index contributed by atoms with van der Waals surface area (Å²) >= 11 is 6.09. The van der Waals surface area contributed by atoms with Crippen molar-refractivity contribution in [1.29, 1.82) is 0 Å². The van der Waals surface area contributed by atoms with Crippen LogP contribution in [0.1, 0.15) is 18.1 Å². The lowest BCUT2D eigenvalue weighted by Crippen LogP contribution is -2.33. The number of halogens is 1. The van der Waals surface area contributed by atoms with Crippen LogP contribution in [0, 0.1) is 0 Å². The van der Waals surface area contributed by atoms with E-state index in [1.54, 1.807) is 6.92 Å². The lowest BCUT2D eigenvalue weighted by Gasteiger charge is -2.11. The minimum atomic E-state index is -0.869. The minimum Gasteiger partial charge on any atom is -0.489 e. The summed E-state index contributed by atoms with van der Waals surface area (Å²) in [6.45, 7) is 2.47. The molecule has 4 nitrogen and oxygen atoms in total. The van der Waals surface area contributed by atoms with Crippen LogP contribution < -0.4 is 10.1 Å². The molecule has 0 aromatic heterocycles. The van der Waals surface area contributed by atoms with Gasteiger partial charge in [-0.3, -0.25) is 4.79 Å². The third-order valence-electron chi connectivity index (χ3n) is 3.23. The molecule has 5 heteroatoms. The van der Waals surface area contributed by atoms with Crippen LogP contribution in [0.25, 0.3) is 0 Å². The minimum absolute atomic E-state index is 0.391. The van der Waals surface area contributed by atoms with E-state index < -0.39 is 12.0 Å². The zero-order valence-electron chi connectivity index (χ0n) is 12.3. The predicted molar refractivity (Wildman–Crippen MR) is 86.2 cm³/mol. The Labute approximate surface area is 134 Å². The van der Waals surface area contributed by atoms with Crippen molar-refractivity contribution in [2.24, 2.45) is 0 Å². The predicted octanol–water partition coefficient (Wildman–Crippen LogP) is 3.48. The van der Waals surface area contributed by atoms with Gasteiger partial charge < -0.3 is 15.2 Å². The smallest absolute Gasteiger partial charge is 0.320 e. The SMILES string of the molecule is CC(NCc1cccc(OCc2ccccc2Cl)c1)C(=O)O. The maximum atomic E-state index is 10.8. The largest absolute Gasteiger partial charge is 0.489 e. The molecule has 0 aliphatic carbocycles. The molecule has 1 unspecified atom stereocenters. The molecule has 2 aromatic rings. The first kappa shape index (κ1) is 16.3.